The van der Waals surface area contributed by atoms with E-state index in [0.29, 0.717) is 45.8 Å². The van der Waals surface area contributed by atoms with Gasteiger partial charge in [0.2, 0.25) is 29.5 Å². The topological polar surface area (TPSA) is 424 Å². The number of anilines is 6. The summed E-state index contributed by atoms with van der Waals surface area (Å²) >= 11 is 0. The van der Waals surface area contributed by atoms with E-state index in [1.54, 1.807) is 72.8 Å². The largest absolute Gasteiger partial charge is 0.394 e. The molecule has 12 atom stereocenters. The van der Waals surface area contributed by atoms with Crippen LogP contribution in [0.25, 0.3) is 0 Å². The van der Waals surface area contributed by atoms with Crippen LogP contribution in [0.3, 0.4) is 0 Å². The number of aliphatic hydroxyl groups excluding tert-OH is 12. The highest BCUT2D eigenvalue weighted by Gasteiger charge is 2.29. The zero-order valence-corrected chi connectivity index (χ0v) is 48.1. The highest BCUT2D eigenvalue weighted by molar-refractivity contribution is 8.77. The summed E-state index contributed by atoms with van der Waals surface area (Å²) in [6.07, 6.45) is -9.35. The van der Waals surface area contributed by atoms with Gasteiger partial charge in [-0.05, 0) is 92.1 Å². The summed E-state index contributed by atoms with van der Waals surface area (Å²) in [5.74, 6) is -2.94. The van der Waals surface area contributed by atoms with Crippen LogP contribution in [0, 0.1) is 11.8 Å². The predicted octanol–water partition coefficient (Wildman–Crippen LogP) is 0.273. The van der Waals surface area contributed by atoms with E-state index in [1.165, 1.54) is 0 Å². The Kier molecular flexibility index (Phi) is 32.6. The third-order valence-electron chi connectivity index (χ3n) is 13.7. The van der Waals surface area contributed by atoms with Gasteiger partial charge < -0.3 is 104 Å². The molecule has 1 aliphatic rings. The van der Waals surface area contributed by atoms with Crippen LogP contribution in [0.4, 0.5) is 34.1 Å². The van der Waals surface area contributed by atoms with Gasteiger partial charge in [-0.1, -0.05) is 46.2 Å². The van der Waals surface area contributed by atoms with Gasteiger partial charge in [0.1, 0.15) is 0 Å². The molecule has 0 aromatic heterocycles. The number of aliphatic hydroxyl groups is 12. The van der Waals surface area contributed by atoms with Gasteiger partial charge in [0, 0.05) is 116 Å². The first-order valence-electron chi connectivity index (χ1n) is 27.9. The molecule has 1 aliphatic heterocycles. The Labute approximate surface area is 491 Å². The molecule has 4 rings (SSSR count). The molecule has 3 aromatic carbocycles. The van der Waals surface area contributed by atoms with E-state index in [0.717, 1.165) is 25.0 Å². The lowest BCUT2D eigenvalue weighted by Gasteiger charge is -2.27. The first kappa shape index (κ1) is 70.1. The summed E-state index contributed by atoms with van der Waals surface area (Å²) in [6.45, 7) is -2.77. The first-order valence-corrected chi connectivity index (χ1v) is 30.3. The number of hydrogen-bond acceptors (Lipinski definition) is 22. The van der Waals surface area contributed by atoms with E-state index >= 15 is 0 Å². The van der Waals surface area contributed by atoms with Gasteiger partial charge in [-0.2, -0.15) is 0 Å². The van der Waals surface area contributed by atoms with E-state index in [9.17, 15) is 69.9 Å². The maximum absolute atomic E-state index is 14.1. The van der Waals surface area contributed by atoms with Gasteiger partial charge in [0.15, 0.2) is 0 Å². The Morgan fingerprint density at radius 1 is 0.470 bits per heavy atom. The monoisotopic (exact) mass is 1210 g/mol. The molecule has 0 radical (unpaired) electrons. The number of hydrogen-bond donors (Lipinski definition) is 20. The summed E-state index contributed by atoms with van der Waals surface area (Å²) in [4.78, 5) is 68.2. The minimum absolute atomic E-state index is 0.000720. The van der Waals surface area contributed by atoms with Crippen molar-refractivity contribution in [1.82, 2.24) is 10.6 Å². The highest BCUT2D eigenvalue weighted by Crippen LogP contribution is 2.40. The molecule has 83 heavy (non-hydrogen) atoms. The molecule has 0 spiro atoms. The lowest BCUT2D eigenvalue weighted by Crippen LogP contribution is -2.41. The molecule has 20 N–H and O–H groups in total. The van der Waals surface area contributed by atoms with Crippen molar-refractivity contribution < 1.29 is 85.3 Å². The lowest BCUT2D eigenvalue weighted by atomic mass is 9.82. The van der Waals surface area contributed by atoms with Crippen molar-refractivity contribution in [3.05, 3.63) is 72.8 Å². The third kappa shape index (κ3) is 28.4. The first-order chi connectivity index (χ1) is 39.7. The van der Waals surface area contributed by atoms with Crippen molar-refractivity contribution >= 4 is 85.2 Å². The molecular formula is C56H86N8O17S2. The molecule has 1 fully saturated rings. The second-order valence-electron chi connectivity index (χ2n) is 20.8. The average molecular weight is 1210 g/mol. The molecule has 0 saturated carbocycles. The zero-order chi connectivity index (χ0) is 60.7. The van der Waals surface area contributed by atoms with Crippen LogP contribution >= 0.6 is 21.6 Å². The molecule has 1 saturated heterocycles. The van der Waals surface area contributed by atoms with Crippen LogP contribution in [0.1, 0.15) is 77.0 Å². The summed E-state index contributed by atoms with van der Waals surface area (Å²) in [6, 6.07) is 19.3. The fourth-order valence-corrected chi connectivity index (χ4v) is 11.9. The van der Waals surface area contributed by atoms with E-state index in [4.69, 9.17) is 15.3 Å². The van der Waals surface area contributed by atoms with E-state index in [2.05, 4.69) is 42.5 Å². The molecule has 12 unspecified atom stereocenters. The molecule has 27 heteroatoms. The Morgan fingerprint density at radius 2 is 0.892 bits per heavy atom. The van der Waals surface area contributed by atoms with Crippen LogP contribution in [0.2, 0.25) is 0 Å². The van der Waals surface area contributed by atoms with E-state index in [1.807, 2.05) is 21.6 Å². The van der Waals surface area contributed by atoms with Gasteiger partial charge in [-0.25, -0.2) is 0 Å². The molecule has 464 valence electrons. The smallest absolute Gasteiger partial charge is 0.239 e. The minimum Gasteiger partial charge on any atom is -0.394 e. The van der Waals surface area contributed by atoms with Gasteiger partial charge in [-0.3, -0.25) is 24.0 Å². The quantitative estimate of drug-likeness (QED) is 0.0268. The van der Waals surface area contributed by atoms with Crippen LogP contribution in [-0.4, -0.2) is 209 Å². The maximum atomic E-state index is 14.1. The van der Waals surface area contributed by atoms with Gasteiger partial charge >= 0.3 is 0 Å². The molecule has 0 aliphatic carbocycles. The molecule has 3 aromatic rings. The molecule has 0 bridgehead atoms. The maximum Gasteiger partial charge on any atom is 0.239 e. The number of amides is 5. The summed E-state index contributed by atoms with van der Waals surface area (Å²) < 4.78 is 0. The summed E-state index contributed by atoms with van der Waals surface area (Å²) in [5.41, 5.74) is 2.31. The highest BCUT2D eigenvalue weighted by atomic mass is 33.1. The third-order valence-corrected chi connectivity index (χ3v) is 16.7. The number of unbranched alkanes of at least 4 members (excludes halogenated alkanes) is 1. The second kappa shape index (κ2) is 38.6. The number of carbonyl (C=O) groups excluding carboxylic acids is 5. The van der Waals surface area contributed by atoms with Crippen molar-refractivity contribution in [2.75, 3.05) is 90.2 Å². The number of benzene rings is 3. The molecule has 5 amide bonds. The van der Waals surface area contributed by atoms with Crippen LogP contribution in [0.15, 0.2) is 72.8 Å². The number of rotatable bonds is 41. The Balaban J connectivity index is 1.55. The minimum atomic E-state index is -1.35. The lowest BCUT2D eigenvalue weighted by molar-refractivity contribution is -0.126. The average Bonchev–Trinajstić information content (AvgIpc) is 4.01. The normalized spacial score (nSPS) is 17.2. The number of carbonyl (C=O) groups is 5. The number of nitrogens with one attached hydrogen (secondary N) is 8. The van der Waals surface area contributed by atoms with Crippen molar-refractivity contribution in [3.63, 3.8) is 0 Å². The Hall–Kier alpha value is -5.37. The summed E-state index contributed by atoms with van der Waals surface area (Å²) in [5, 5.41) is 142. The van der Waals surface area contributed by atoms with Gasteiger partial charge in [0.25, 0.3) is 0 Å². The van der Waals surface area contributed by atoms with Crippen LogP contribution in [0.5, 0.6) is 0 Å². The summed E-state index contributed by atoms with van der Waals surface area (Å²) in [7, 11) is 3.72. The SMILES string of the molecule is O=C(CCCCC1CCSS1)NCC(=O)NCC(CC(=O)Nc1cccc(NCC(O)C(O)CC(O)CO)c1)C(CCC(=O)Nc1cccc(NCC(O)C(O)CC(O)CO)c1)CC(=O)Nc1cccc(NCC(O)C(O)CC(O)CO)c1. The van der Waals surface area contributed by atoms with Crippen LogP contribution in [-0.2, 0) is 24.0 Å². The van der Waals surface area contributed by atoms with Gasteiger partial charge in [0.05, 0.1) is 81.3 Å². The molecule has 1 heterocycles. The second-order valence-corrected chi connectivity index (χ2v) is 23.6. The Morgan fingerprint density at radius 3 is 1.31 bits per heavy atom. The van der Waals surface area contributed by atoms with Crippen molar-refractivity contribution in [2.24, 2.45) is 11.8 Å². The fraction of sp³-hybridized carbons (Fsp3) is 0.589. The van der Waals surface area contributed by atoms with Crippen LogP contribution < -0.4 is 42.5 Å². The molecule has 25 nitrogen and oxygen atoms in total. The van der Waals surface area contributed by atoms with Crippen molar-refractivity contribution in [1.29, 1.82) is 0 Å². The predicted molar refractivity (Wildman–Crippen MR) is 318 cm³/mol. The van der Waals surface area contributed by atoms with Crippen molar-refractivity contribution in [3.8, 4) is 0 Å². The van der Waals surface area contributed by atoms with Crippen molar-refractivity contribution in [2.45, 2.75) is 137 Å². The zero-order valence-electron chi connectivity index (χ0n) is 46.4. The van der Waals surface area contributed by atoms with E-state index in [-0.39, 0.29) is 90.0 Å². The standard InChI is InChI=1S/C56H86N8O17S2/c65-31-42(68)23-46(71)49(74)27-57-36-6-3-9-39(20-36)62-53(78)15-14-34(18-54(79)63-40-10-4-7-37(21-40)58-28-50(75)47(72)24-43(69)32-66)35(26-60-56(81)30-61-52(77)13-2-1-12-45-16-17-82-83-45)19-55(80)64-41-11-5-8-38(22-41)59-29-51(76)48(73)25-44(70)33-67/h3-11,20-22,34-35,42-51,57-59,65-76H,1-2,12-19,23-33H2,(H,60,81)(H,61,77)(H,62,78)(H,63,79)(H,64,80). The fourth-order valence-electron chi connectivity index (χ4n) is 8.87. The molecular weight excluding hydrogens is 1120 g/mol. The van der Waals surface area contributed by atoms with E-state index < -0.39 is 110 Å². The Bertz CT molecular complexity index is 2420. The van der Waals surface area contributed by atoms with Gasteiger partial charge in [-0.15, -0.1) is 0 Å².